The summed E-state index contributed by atoms with van der Waals surface area (Å²) in [6.07, 6.45) is 4.83. The van der Waals surface area contributed by atoms with Crippen LogP contribution in [0.5, 0.6) is 5.75 Å². The van der Waals surface area contributed by atoms with Gasteiger partial charge < -0.3 is 9.53 Å². The maximum Gasteiger partial charge on any atom is 0.137 e. The lowest BCUT2D eigenvalue weighted by Crippen LogP contribution is -2.17. The first-order chi connectivity index (χ1) is 9.01. The molecule has 106 valence electrons. The van der Waals surface area contributed by atoms with Crippen molar-refractivity contribution in [2.24, 2.45) is 0 Å². The minimum Gasteiger partial charge on any atom is -0.492 e. The number of rotatable bonds is 8. The Labute approximate surface area is 121 Å². The molecule has 0 amide bonds. The molecule has 0 unspecified atom stereocenters. The van der Waals surface area contributed by atoms with Gasteiger partial charge in [0, 0.05) is 6.42 Å². The average Bonchev–Trinajstić information content (AvgIpc) is 2.36. The molecule has 0 radical (unpaired) electrons. The first-order valence-electron chi connectivity index (χ1n) is 6.87. The van der Waals surface area contributed by atoms with Gasteiger partial charge in [-0.25, -0.2) is 0 Å². The highest BCUT2D eigenvalue weighted by Crippen LogP contribution is 2.33. The van der Waals surface area contributed by atoms with Gasteiger partial charge in [0.15, 0.2) is 0 Å². The third kappa shape index (κ3) is 4.87. The number of aldehydes is 1. The highest BCUT2D eigenvalue weighted by Gasteiger charge is 2.21. The monoisotopic (exact) mass is 282 g/mol. The molecule has 0 spiro atoms. The van der Waals surface area contributed by atoms with Crippen molar-refractivity contribution in [2.45, 2.75) is 51.9 Å². The molecule has 0 aliphatic heterocycles. The van der Waals surface area contributed by atoms with Crippen LogP contribution in [0.2, 0.25) is 5.02 Å². The van der Waals surface area contributed by atoms with Crippen LogP contribution in [0.3, 0.4) is 0 Å². The molecule has 0 saturated carbocycles. The lowest BCUT2D eigenvalue weighted by Gasteiger charge is -2.23. The van der Waals surface area contributed by atoms with E-state index < -0.39 is 0 Å². The van der Waals surface area contributed by atoms with Crippen molar-refractivity contribution in [1.29, 1.82) is 0 Å². The number of hydrogen-bond acceptors (Lipinski definition) is 2. The molecule has 0 N–H and O–H groups in total. The van der Waals surface area contributed by atoms with E-state index in [1.165, 1.54) is 12.8 Å². The molecular formula is C16H23ClO2. The van der Waals surface area contributed by atoms with Crippen molar-refractivity contribution in [1.82, 2.24) is 0 Å². The van der Waals surface area contributed by atoms with Crippen LogP contribution in [-0.4, -0.2) is 12.9 Å². The summed E-state index contributed by atoms with van der Waals surface area (Å²) in [5.41, 5.74) is 0.872. The van der Waals surface area contributed by atoms with Crippen LogP contribution in [0.25, 0.3) is 0 Å². The van der Waals surface area contributed by atoms with Gasteiger partial charge in [0.05, 0.1) is 11.6 Å². The van der Waals surface area contributed by atoms with Crippen LogP contribution in [-0.2, 0) is 10.2 Å². The van der Waals surface area contributed by atoms with E-state index in [4.69, 9.17) is 16.3 Å². The van der Waals surface area contributed by atoms with Gasteiger partial charge in [0.1, 0.15) is 12.0 Å². The smallest absolute Gasteiger partial charge is 0.137 e. The fraction of sp³-hybridized carbons (Fsp3) is 0.562. The highest BCUT2D eigenvalue weighted by atomic mass is 35.5. The summed E-state index contributed by atoms with van der Waals surface area (Å²) >= 11 is 6.24. The number of carbonyl (C=O) groups excluding carboxylic acids is 1. The Morgan fingerprint density at radius 3 is 2.63 bits per heavy atom. The summed E-state index contributed by atoms with van der Waals surface area (Å²) in [7, 11) is 0. The van der Waals surface area contributed by atoms with E-state index in [9.17, 15) is 4.79 Å². The van der Waals surface area contributed by atoms with Crippen LogP contribution < -0.4 is 4.74 Å². The Bertz CT molecular complexity index is 413. The van der Waals surface area contributed by atoms with Gasteiger partial charge >= 0.3 is 0 Å². The van der Waals surface area contributed by atoms with Crippen LogP contribution in [0.15, 0.2) is 18.2 Å². The van der Waals surface area contributed by atoms with Gasteiger partial charge in [-0.05, 0) is 29.5 Å². The van der Waals surface area contributed by atoms with Crippen molar-refractivity contribution in [3.05, 3.63) is 28.8 Å². The van der Waals surface area contributed by atoms with E-state index in [-0.39, 0.29) is 5.41 Å². The molecular weight excluding hydrogens is 260 g/mol. The standard InChI is InChI=1S/C16H23ClO2/c1-4-5-6-11-19-15-8-7-13(12-14(15)17)16(2,3)9-10-18/h7-8,10,12H,4-6,9,11H2,1-3H3. The zero-order valence-corrected chi connectivity index (χ0v) is 12.8. The third-order valence-corrected chi connectivity index (χ3v) is 3.61. The number of ether oxygens (including phenoxy) is 1. The number of halogens is 1. The van der Waals surface area contributed by atoms with Crippen LogP contribution >= 0.6 is 11.6 Å². The molecule has 0 aromatic heterocycles. The van der Waals surface area contributed by atoms with Gasteiger partial charge in [-0.3, -0.25) is 0 Å². The summed E-state index contributed by atoms with van der Waals surface area (Å²) in [6.45, 7) is 6.94. The van der Waals surface area contributed by atoms with E-state index in [2.05, 4.69) is 6.92 Å². The quantitative estimate of drug-likeness (QED) is 0.507. The zero-order chi connectivity index (χ0) is 14.3. The summed E-state index contributed by atoms with van der Waals surface area (Å²) in [5, 5.41) is 0.618. The molecule has 0 bridgehead atoms. The molecule has 0 atom stereocenters. The zero-order valence-electron chi connectivity index (χ0n) is 12.0. The molecule has 0 heterocycles. The van der Waals surface area contributed by atoms with E-state index >= 15 is 0 Å². The van der Waals surface area contributed by atoms with Crippen LogP contribution in [0.4, 0.5) is 0 Å². The second-order valence-corrected chi connectivity index (χ2v) is 5.86. The average molecular weight is 283 g/mol. The van der Waals surface area contributed by atoms with Gasteiger partial charge in [-0.1, -0.05) is 51.3 Å². The summed E-state index contributed by atoms with van der Waals surface area (Å²) in [6, 6.07) is 5.79. The predicted octanol–water partition coefficient (Wildman–Crippen LogP) is 4.78. The molecule has 1 aromatic rings. The minimum absolute atomic E-state index is 0.188. The summed E-state index contributed by atoms with van der Waals surface area (Å²) in [5.74, 6) is 0.725. The topological polar surface area (TPSA) is 26.3 Å². The summed E-state index contributed by atoms with van der Waals surface area (Å²) < 4.78 is 5.66. The SMILES string of the molecule is CCCCCOc1ccc(C(C)(C)CC=O)cc1Cl. The third-order valence-electron chi connectivity index (χ3n) is 3.31. The van der Waals surface area contributed by atoms with E-state index in [0.717, 1.165) is 24.0 Å². The van der Waals surface area contributed by atoms with Crippen molar-refractivity contribution in [3.8, 4) is 5.75 Å². The lowest BCUT2D eigenvalue weighted by molar-refractivity contribution is -0.108. The molecule has 1 aromatic carbocycles. The van der Waals surface area contributed by atoms with Gasteiger partial charge in [-0.15, -0.1) is 0 Å². The maximum absolute atomic E-state index is 10.7. The van der Waals surface area contributed by atoms with Crippen molar-refractivity contribution in [3.63, 3.8) is 0 Å². The Morgan fingerprint density at radius 2 is 2.05 bits per heavy atom. The maximum atomic E-state index is 10.7. The molecule has 2 nitrogen and oxygen atoms in total. The van der Waals surface area contributed by atoms with Gasteiger partial charge in [-0.2, -0.15) is 0 Å². The molecule has 19 heavy (non-hydrogen) atoms. The largest absolute Gasteiger partial charge is 0.492 e. The first-order valence-corrected chi connectivity index (χ1v) is 7.25. The number of unbranched alkanes of at least 4 members (excludes halogenated alkanes) is 2. The van der Waals surface area contributed by atoms with Gasteiger partial charge in [0.2, 0.25) is 0 Å². The highest BCUT2D eigenvalue weighted by molar-refractivity contribution is 6.32. The van der Waals surface area contributed by atoms with E-state index in [1.54, 1.807) is 0 Å². The van der Waals surface area contributed by atoms with Crippen LogP contribution in [0.1, 0.15) is 52.0 Å². The number of benzene rings is 1. The predicted molar refractivity (Wildman–Crippen MR) is 80.2 cm³/mol. The second kappa shape index (κ2) is 7.54. The minimum atomic E-state index is -0.188. The Kier molecular flexibility index (Phi) is 6.36. The molecule has 1 rings (SSSR count). The van der Waals surface area contributed by atoms with E-state index in [1.807, 2.05) is 32.0 Å². The van der Waals surface area contributed by atoms with Crippen molar-refractivity contribution in [2.75, 3.05) is 6.61 Å². The Hall–Kier alpha value is -1.02. The molecule has 0 aliphatic carbocycles. The first kappa shape index (κ1) is 16.0. The molecule has 0 saturated heterocycles. The fourth-order valence-corrected chi connectivity index (χ4v) is 2.13. The molecule has 3 heteroatoms. The molecule has 0 fully saturated rings. The normalized spacial score (nSPS) is 11.4. The number of carbonyl (C=O) groups is 1. The van der Waals surface area contributed by atoms with Crippen LogP contribution in [0, 0.1) is 0 Å². The molecule has 0 aliphatic rings. The van der Waals surface area contributed by atoms with Crippen molar-refractivity contribution >= 4 is 17.9 Å². The second-order valence-electron chi connectivity index (χ2n) is 5.46. The Morgan fingerprint density at radius 1 is 1.32 bits per heavy atom. The number of hydrogen-bond donors (Lipinski definition) is 0. The van der Waals surface area contributed by atoms with Gasteiger partial charge in [0.25, 0.3) is 0 Å². The lowest BCUT2D eigenvalue weighted by atomic mass is 9.82. The fourth-order valence-electron chi connectivity index (χ4n) is 1.90. The Balaban J connectivity index is 2.71. The summed E-state index contributed by atoms with van der Waals surface area (Å²) in [4.78, 5) is 10.7. The van der Waals surface area contributed by atoms with Crippen molar-refractivity contribution < 1.29 is 9.53 Å². The van der Waals surface area contributed by atoms with E-state index in [0.29, 0.717) is 18.1 Å².